The SMILES string of the molecule is CC1OCCC1CNS(=O)(=O)c1ccc(CCCl)cc1. The van der Waals surface area contributed by atoms with Crippen molar-refractivity contribution in [2.75, 3.05) is 19.0 Å². The lowest BCUT2D eigenvalue weighted by atomic mass is 10.0. The third-order valence-electron chi connectivity index (χ3n) is 3.69. The monoisotopic (exact) mass is 317 g/mol. The van der Waals surface area contributed by atoms with E-state index in [-0.39, 0.29) is 12.0 Å². The Balaban J connectivity index is 1.98. The second-order valence-corrected chi connectivity index (χ2v) is 7.20. The number of halogens is 1. The van der Waals surface area contributed by atoms with Crippen molar-refractivity contribution in [3.05, 3.63) is 29.8 Å². The quantitative estimate of drug-likeness (QED) is 0.818. The topological polar surface area (TPSA) is 55.4 Å². The molecule has 0 spiro atoms. The van der Waals surface area contributed by atoms with Crippen LogP contribution in [0.4, 0.5) is 0 Å². The summed E-state index contributed by atoms with van der Waals surface area (Å²) in [7, 11) is -3.44. The summed E-state index contributed by atoms with van der Waals surface area (Å²) in [6.45, 7) is 3.11. The van der Waals surface area contributed by atoms with Gasteiger partial charge in [-0.3, -0.25) is 0 Å². The van der Waals surface area contributed by atoms with Crippen molar-refractivity contribution < 1.29 is 13.2 Å². The maximum Gasteiger partial charge on any atom is 0.240 e. The van der Waals surface area contributed by atoms with Crippen LogP contribution in [0.5, 0.6) is 0 Å². The molecule has 0 aromatic heterocycles. The molecular formula is C14H20ClNO3S. The van der Waals surface area contributed by atoms with Gasteiger partial charge in [-0.1, -0.05) is 12.1 Å². The van der Waals surface area contributed by atoms with Crippen LogP contribution >= 0.6 is 11.6 Å². The predicted molar refractivity (Wildman–Crippen MR) is 79.6 cm³/mol. The van der Waals surface area contributed by atoms with Gasteiger partial charge in [0.25, 0.3) is 0 Å². The van der Waals surface area contributed by atoms with E-state index in [9.17, 15) is 8.42 Å². The number of alkyl halides is 1. The van der Waals surface area contributed by atoms with Crippen LogP contribution < -0.4 is 4.72 Å². The van der Waals surface area contributed by atoms with Gasteiger partial charge in [-0.15, -0.1) is 11.6 Å². The number of aryl methyl sites for hydroxylation is 1. The summed E-state index contributed by atoms with van der Waals surface area (Å²) in [6, 6.07) is 6.86. The second-order valence-electron chi connectivity index (χ2n) is 5.06. The van der Waals surface area contributed by atoms with E-state index in [1.165, 1.54) is 0 Å². The highest BCUT2D eigenvalue weighted by Gasteiger charge is 2.26. The van der Waals surface area contributed by atoms with E-state index in [1.54, 1.807) is 24.3 Å². The van der Waals surface area contributed by atoms with Gasteiger partial charge < -0.3 is 4.74 Å². The Morgan fingerprint density at radius 1 is 1.35 bits per heavy atom. The van der Waals surface area contributed by atoms with Crippen LogP contribution in [0.1, 0.15) is 18.9 Å². The van der Waals surface area contributed by atoms with Gasteiger partial charge in [0.2, 0.25) is 10.0 Å². The summed E-state index contributed by atoms with van der Waals surface area (Å²) in [5, 5.41) is 0. The Kier molecular flexibility index (Phi) is 5.43. The third-order valence-corrected chi connectivity index (χ3v) is 5.31. The van der Waals surface area contributed by atoms with Gasteiger partial charge >= 0.3 is 0 Å². The third kappa shape index (κ3) is 3.95. The molecule has 1 aliphatic heterocycles. The molecule has 20 heavy (non-hydrogen) atoms. The summed E-state index contributed by atoms with van der Waals surface area (Å²) < 4.78 is 32.5. The summed E-state index contributed by atoms with van der Waals surface area (Å²) in [6.07, 6.45) is 1.76. The standard InChI is InChI=1S/C14H20ClNO3S/c1-11-13(7-9-19-11)10-16-20(17,18)14-4-2-12(3-5-14)6-8-15/h2-5,11,13,16H,6-10H2,1H3. The lowest BCUT2D eigenvalue weighted by Crippen LogP contribution is -2.32. The van der Waals surface area contributed by atoms with Gasteiger partial charge in [-0.05, 0) is 37.5 Å². The van der Waals surface area contributed by atoms with Crippen molar-refractivity contribution >= 4 is 21.6 Å². The number of benzene rings is 1. The van der Waals surface area contributed by atoms with Crippen LogP contribution in [-0.2, 0) is 21.2 Å². The van der Waals surface area contributed by atoms with Crippen LogP contribution in [0.3, 0.4) is 0 Å². The Morgan fingerprint density at radius 3 is 2.60 bits per heavy atom. The molecule has 112 valence electrons. The van der Waals surface area contributed by atoms with Gasteiger partial charge in [0.1, 0.15) is 0 Å². The van der Waals surface area contributed by atoms with Gasteiger partial charge in [0.05, 0.1) is 11.0 Å². The number of sulfonamides is 1. The van der Waals surface area contributed by atoms with E-state index < -0.39 is 10.0 Å². The van der Waals surface area contributed by atoms with Crippen LogP contribution in [-0.4, -0.2) is 33.6 Å². The lowest BCUT2D eigenvalue weighted by molar-refractivity contribution is 0.107. The Morgan fingerprint density at radius 2 is 2.05 bits per heavy atom. The molecule has 2 atom stereocenters. The molecule has 1 aromatic rings. The van der Waals surface area contributed by atoms with Crippen molar-refractivity contribution in [1.82, 2.24) is 4.72 Å². The van der Waals surface area contributed by atoms with E-state index in [0.717, 1.165) is 18.4 Å². The van der Waals surface area contributed by atoms with Crippen LogP contribution in [0.2, 0.25) is 0 Å². The van der Waals surface area contributed by atoms with Crippen molar-refractivity contribution in [2.24, 2.45) is 5.92 Å². The average Bonchev–Trinajstić information content (AvgIpc) is 2.83. The molecule has 1 saturated heterocycles. The minimum atomic E-state index is -3.44. The summed E-state index contributed by atoms with van der Waals surface area (Å²) in [5.74, 6) is 0.782. The Labute approximate surface area is 125 Å². The molecule has 1 fully saturated rings. The summed E-state index contributed by atoms with van der Waals surface area (Å²) in [5.41, 5.74) is 1.04. The number of hydrogen-bond donors (Lipinski definition) is 1. The molecule has 1 aliphatic rings. The van der Waals surface area contributed by atoms with E-state index in [2.05, 4.69) is 4.72 Å². The van der Waals surface area contributed by atoms with Crippen molar-refractivity contribution in [3.63, 3.8) is 0 Å². The molecule has 0 saturated carbocycles. The Hall–Kier alpha value is -0.620. The summed E-state index contributed by atoms with van der Waals surface area (Å²) >= 11 is 5.66. The highest BCUT2D eigenvalue weighted by Crippen LogP contribution is 2.20. The molecular weight excluding hydrogens is 298 g/mol. The lowest BCUT2D eigenvalue weighted by Gasteiger charge is -2.15. The second kappa shape index (κ2) is 6.89. The first-order valence-electron chi connectivity index (χ1n) is 6.79. The van der Waals surface area contributed by atoms with E-state index >= 15 is 0 Å². The normalized spacial score (nSPS) is 23.1. The number of nitrogens with one attached hydrogen (secondary N) is 1. The molecule has 0 radical (unpaired) electrons. The molecule has 2 rings (SSSR count). The highest BCUT2D eigenvalue weighted by atomic mass is 35.5. The maximum absolute atomic E-state index is 12.2. The fourth-order valence-corrected chi connectivity index (χ4v) is 3.60. The van der Waals surface area contributed by atoms with Crippen LogP contribution in [0, 0.1) is 5.92 Å². The smallest absolute Gasteiger partial charge is 0.240 e. The fourth-order valence-electron chi connectivity index (χ4n) is 2.29. The average molecular weight is 318 g/mol. The molecule has 1 aromatic carbocycles. The van der Waals surface area contributed by atoms with Crippen LogP contribution in [0.25, 0.3) is 0 Å². The van der Waals surface area contributed by atoms with Gasteiger partial charge in [-0.2, -0.15) is 0 Å². The van der Waals surface area contributed by atoms with Crippen molar-refractivity contribution in [1.29, 1.82) is 0 Å². The molecule has 2 unspecified atom stereocenters. The maximum atomic E-state index is 12.2. The fraction of sp³-hybridized carbons (Fsp3) is 0.571. The zero-order valence-corrected chi connectivity index (χ0v) is 13.1. The van der Waals surface area contributed by atoms with E-state index in [1.807, 2.05) is 6.92 Å². The number of hydrogen-bond acceptors (Lipinski definition) is 3. The van der Waals surface area contributed by atoms with E-state index in [0.29, 0.717) is 23.9 Å². The Bertz CT molecular complexity index is 530. The van der Waals surface area contributed by atoms with Gasteiger partial charge in [-0.25, -0.2) is 13.1 Å². The minimum Gasteiger partial charge on any atom is -0.378 e. The molecule has 0 aliphatic carbocycles. The van der Waals surface area contributed by atoms with Crippen molar-refractivity contribution in [2.45, 2.75) is 30.8 Å². The zero-order valence-electron chi connectivity index (χ0n) is 11.5. The number of rotatable bonds is 6. The molecule has 4 nitrogen and oxygen atoms in total. The molecule has 6 heteroatoms. The van der Waals surface area contributed by atoms with Crippen LogP contribution in [0.15, 0.2) is 29.2 Å². The first kappa shape index (κ1) is 15.8. The van der Waals surface area contributed by atoms with Gasteiger partial charge in [0.15, 0.2) is 0 Å². The molecule has 1 heterocycles. The molecule has 0 bridgehead atoms. The predicted octanol–water partition coefficient (Wildman–Crippen LogP) is 2.17. The molecule has 0 amide bonds. The van der Waals surface area contributed by atoms with Crippen molar-refractivity contribution in [3.8, 4) is 0 Å². The number of ether oxygens (including phenoxy) is 1. The summed E-state index contributed by atoms with van der Waals surface area (Å²) in [4.78, 5) is 0.294. The minimum absolute atomic E-state index is 0.115. The zero-order chi connectivity index (χ0) is 14.6. The first-order chi connectivity index (χ1) is 9.53. The first-order valence-corrected chi connectivity index (χ1v) is 8.81. The molecule has 1 N–H and O–H groups in total. The van der Waals surface area contributed by atoms with E-state index in [4.69, 9.17) is 16.3 Å². The highest BCUT2D eigenvalue weighted by molar-refractivity contribution is 7.89. The van der Waals surface area contributed by atoms with Gasteiger partial charge in [0, 0.05) is 24.9 Å². The largest absolute Gasteiger partial charge is 0.378 e.